The van der Waals surface area contributed by atoms with Gasteiger partial charge in [-0.2, -0.15) is 0 Å². The molecule has 1 aromatic heterocycles. The highest BCUT2D eigenvalue weighted by molar-refractivity contribution is 6.07. The van der Waals surface area contributed by atoms with Crippen molar-refractivity contribution in [2.45, 2.75) is 31.8 Å². The Morgan fingerprint density at radius 1 is 1.16 bits per heavy atom. The summed E-state index contributed by atoms with van der Waals surface area (Å²) in [6, 6.07) is 6.54. The molecule has 9 heteroatoms. The van der Waals surface area contributed by atoms with Crippen LogP contribution in [0.25, 0.3) is 0 Å². The number of carbonyl (C=O) groups is 3. The molecule has 4 rings (SSSR count). The largest absolute Gasteiger partial charge is 0.339 e. The summed E-state index contributed by atoms with van der Waals surface area (Å²) in [6.07, 6.45) is 4.10. The summed E-state index contributed by atoms with van der Waals surface area (Å²) in [5, 5.41) is 2.82. The molecule has 2 aliphatic heterocycles. The summed E-state index contributed by atoms with van der Waals surface area (Å²) in [4.78, 5) is 44.8. The van der Waals surface area contributed by atoms with Crippen molar-refractivity contribution in [3.63, 3.8) is 0 Å². The van der Waals surface area contributed by atoms with Crippen molar-refractivity contribution in [2.75, 3.05) is 13.1 Å². The second-order valence-corrected chi connectivity index (χ2v) is 8.05. The normalized spacial score (nSPS) is 22.0. The number of amides is 4. The van der Waals surface area contributed by atoms with Gasteiger partial charge in [-0.05, 0) is 55.5 Å². The Morgan fingerprint density at radius 3 is 2.52 bits per heavy atom. The van der Waals surface area contributed by atoms with Crippen LogP contribution in [-0.2, 0) is 11.3 Å². The van der Waals surface area contributed by atoms with Gasteiger partial charge in [0.15, 0.2) is 11.6 Å². The number of aromatic nitrogens is 1. The number of piperidine rings is 1. The molecule has 0 radical (unpaired) electrons. The minimum atomic E-state index is -1.16. The number of likely N-dealkylation sites (tertiary alicyclic amines) is 1. The molecule has 7 nitrogen and oxygen atoms in total. The average molecular weight is 428 g/mol. The van der Waals surface area contributed by atoms with Crippen molar-refractivity contribution in [2.24, 2.45) is 5.92 Å². The summed E-state index contributed by atoms with van der Waals surface area (Å²) in [7, 11) is 0. The van der Waals surface area contributed by atoms with Crippen molar-refractivity contribution in [1.29, 1.82) is 0 Å². The van der Waals surface area contributed by atoms with Crippen LogP contribution in [0, 0.1) is 17.6 Å². The Labute approximate surface area is 178 Å². The molecule has 2 fully saturated rings. The fourth-order valence-corrected chi connectivity index (χ4v) is 4.31. The van der Waals surface area contributed by atoms with Crippen LogP contribution >= 0.6 is 0 Å². The molecule has 3 heterocycles. The fraction of sp³-hybridized carbons (Fsp3) is 0.364. The number of nitrogens with one attached hydrogen (secondary N) is 1. The van der Waals surface area contributed by atoms with Gasteiger partial charge in [-0.25, -0.2) is 13.6 Å². The molecule has 1 aromatic carbocycles. The molecule has 1 N–H and O–H groups in total. The van der Waals surface area contributed by atoms with Gasteiger partial charge in [0.2, 0.25) is 0 Å². The first-order chi connectivity index (χ1) is 14.8. The van der Waals surface area contributed by atoms with Gasteiger partial charge in [0, 0.05) is 25.5 Å². The van der Waals surface area contributed by atoms with Crippen LogP contribution in [-0.4, -0.2) is 51.3 Å². The van der Waals surface area contributed by atoms with E-state index in [0.29, 0.717) is 12.8 Å². The van der Waals surface area contributed by atoms with Crippen LogP contribution in [0.1, 0.15) is 35.7 Å². The van der Waals surface area contributed by atoms with Gasteiger partial charge in [-0.15, -0.1) is 0 Å². The zero-order valence-corrected chi connectivity index (χ0v) is 17.0. The lowest BCUT2D eigenvalue weighted by Gasteiger charge is -2.39. The summed E-state index contributed by atoms with van der Waals surface area (Å²) < 4.78 is 27.4. The molecule has 4 amide bonds. The number of hydrogen-bond donors (Lipinski definition) is 1. The first kappa shape index (κ1) is 20.9. The number of pyridine rings is 1. The molecule has 0 aliphatic carbocycles. The molecule has 1 unspecified atom stereocenters. The number of hydrogen-bond acceptors (Lipinski definition) is 4. The predicted molar refractivity (Wildman–Crippen MR) is 107 cm³/mol. The van der Waals surface area contributed by atoms with E-state index in [1.54, 1.807) is 31.5 Å². The van der Waals surface area contributed by atoms with Crippen molar-refractivity contribution >= 4 is 17.8 Å². The number of nitrogens with zero attached hydrogens (tertiary/aromatic N) is 3. The third kappa shape index (κ3) is 3.75. The van der Waals surface area contributed by atoms with E-state index in [9.17, 15) is 23.2 Å². The van der Waals surface area contributed by atoms with Gasteiger partial charge < -0.3 is 10.2 Å². The van der Waals surface area contributed by atoms with Crippen LogP contribution in [0.5, 0.6) is 0 Å². The number of carbonyl (C=O) groups excluding carboxylic acids is 3. The maximum absolute atomic E-state index is 14.0. The van der Waals surface area contributed by atoms with E-state index in [1.807, 2.05) is 0 Å². The smallest absolute Gasteiger partial charge is 0.325 e. The van der Waals surface area contributed by atoms with Crippen LogP contribution in [0.4, 0.5) is 13.6 Å². The van der Waals surface area contributed by atoms with Crippen LogP contribution in [0.15, 0.2) is 42.7 Å². The molecule has 162 valence electrons. The molecule has 1 atom stereocenters. The Bertz CT molecular complexity index is 1020. The average Bonchev–Trinajstić information content (AvgIpc) is 3.00. The number of imide groups is 1. The van der Waals surface area contributed by atoms with E-state index < -0.39 is 29.1 Å². The van der Waals surface area contributed by atoms with Crippen molar-refractivity contribution in [1.82, 2.24) is 20.1 Å². The van der Waals surface area contributed by atoms with Crippen molar-refractivity contribution < 1.29 is 23.2 Å². The van der Waals surface area contributed by atoms with Gasteiger partial charge in [-0.3, -0.25) is 19.5 Å². The Kier molecular flexibility index (Phi) is 5.43. The van der Waals surface area contributed by atoms with Crippen LogP contribution in [0.3, 0.4) is 0 Å². The van der Waals surface area contributed by atoms with Crippen LogP contribution in [0.2, 0.25) is 0 Å². The molecule has 2 aliphatic rings. The van der Waals surface area contributed by atoms with E-state index in [1.165, 1.54) is 21.9 Å². The highest BCUT2D eigenvalue weighted by Crippen LogP contribution is 2.34. The zero-order chi connectivity index (χ0) is 22.2. The first-order valence-corrected chi connectivity index (χ1v) is 10.1. The molecule has 0 spiro atoms. The Morgan fingerprint density at radius 2 is 1.84 bits per heavy atom. The van der Waals surface area contributed by atoms with E-state index in [0.717, 1.165) is 11.6 Å². The van der Waals surface area contributed by atoms with Crippen LogP contribution < -0.4 is 5.32 Å². The highest BCUT2D eigenvalue weighted by Gasteiger charge is 2.52. The lowest BCUT2D eigenvalue weighted by atomic mass is 9.78. The number of halogens is 2. The molecule has 0 saturated carbocycles. The van der Waals surface area contributed by atoms with Gasteiger partial charge in [-0.1, -0.05) is 6.07 Å². The molecule has 0 bridgehead atoms. The number of urea groups is 1. The number of rotatable bonds is 4. The maximum Gasteiger partial charge on any atom is 0.325 e. The molecular weight excluding hydrogens is 406 g/mol. The highest BCUT2D eigenvalue weighted by atomic mass is 19.2. The van der Waals surface area contributed by atoms with Gasteiger partial charge in [0.25, 0.3) is 11.8 Å². The molecule has 2 aromatic rings. The topological polar surface area (TPSA) is 82.6 Å². The number of benzene rings is 1. The van der Waals surface area contributed by atoms with E-state index in [4.69, 9.17) is 0 Å². The summed E-state index contributed by atoms with van der Waals surface area (Å²) in [5.41, 5.74) is -0.595. The monoisotopic (exact) mass is 428 g/mol. The molecule has 31 heavy (non-hydrogen) atoms. The predicted octanol–water partition coefficient (Wildman–Crippen LogP) is 2.72. The lowest BCUT2D eigenvalue weighted by molar-refractivity contribution is -0.133. The third-order valence-electron chi connectivity index (χ3n) is 6.17. The fourth-order valence-electron chi connectivity index (χ4n) is 4.31. The van der Waals surface area contributed by atoms with Gasteiger partial charge in [0.1, 0.15) is 5.54 Å². The first-order valence-electron chi connectivity index (χ1n) is 10.1. The molecule has 2 saturated heterocycles. The van der Waals surface area contributed by atoms with E-state index in [-0.39, 0.29) is 37.0 Å². The summed E-state index contributed by atoms with van der Waals surface area (Å²) in [5.74, 6) is -3.31. The van der Waals surface area contributed by atoms with Gasteiger partial charge in [0.05, 0.1) is 12.1 Å². The second-order valence-electron chi connectivity index (χ2n) is 8.05. The van der Waals surface area contributed by atoms with E-state index in [2.05, 4.69) is 10.3 Å². The second kappa shape index (κ2) is 8.05. The quantitative estimate of drug-likeness (QED) is 0.760. The SMILES string of the molecule is CC1(C2CCN(C(=O)c3cccc(F)c3F)CC2)NC(=O)N(Cc2ccncc2)C1=O. The van der Waals surface area contributed by atoms with E-state index >= 15 is 0 Å². The third-order valence-corrected chi connectivity index (χ3v) is 6.17. The van der Waals surface area contributed by atoms with Crippen molar-refractivity contribution in [3.8, 4) is 0 Å². The minimum Gasteiger partial charge on any atom is -0.339 e. The zero-order valence-electron chi connectivity index (χ0n) is 17.0. The maximum atomic E-state index is 14.0. The Hall–Kier alpha value is -3.36. The molecular formula is C22H22F2N4O3. The van der Waals surface area contributed by atoms with Gasteiger partial charge >= 0.3 is 6.03 Å². The van der Waals surface area contributed by atoms with Crippen molar-refractivity contribution in [3.05, 3.63) is 65.5 Å². The lowest BCUT2D eigenvalue weighted by Crippen LogP contribution is -2.54. The minimum absolute atomic E-state index is 0.152. The summed E-state index contributed by atoms with van der Waals surface area (Å²) >= 11 is 0. The standard InChI is InChI=1S/C22H22F2N4O3/c1-22(20(30)28(21(31)26-22)13-14-5-9-25-10-6-14)15-7-11-27(12-8-15)19(29)16-3-2-4-17(23)18(16)24/h2-6,9-10,15H,7-8,11-13H2,1H3,(H,26,31). The summed E-state index contributed by atoms with van der Waals surface area (Å²) in [6.45, 7) is 2.41. The Balaban J connectivity index is 1.43.